The minimum absolute atomic E-state index is 0.0750. The van der Waals surface area contributed by atoms with Gasteiger partial charge in [-0.05, 0) is 29.8 Å². The molecule has 0 aliphatic carbocycles. The first kappa shape index (κ1) is 14.6. The number of halogens is 2. The molecule has 2 aromatic rings. The van der Waals surface area contributed by atoms with E-state index in [-0.39, 0.29) is 11.5 Å². The summed E-state index contributed by atoms with van der Waals surface area (Å²) in [6, 6.07) is 11.1. The van der Waals surface area contributed by atoms with Crippen LogP contribution in [-0.4, -0.2) is 4.92 Å². The zero-order valence-corrected chi connectivity index (χ0v) is 12.1. The number of rotatable bonds is 5. The Morgan fingerprint density at radius 1 is 1.15 bits per heavy atom. The second-order valence-corrected chi connectivity index (χ2v) is 5.18. The van der Waals surface area contributed by atoms with Crippen LogP contribution in [0.2, 0.25) is 0 Å². The molecule has 0 bridgehead atoms. The summed E-state index contributed by atoms with van der Waals surface area (Å²) in [5.41, 5.74) is 1.61. The summed E-state index contributed by atoms with van der Waals surface area (Å²) in [7, 11) is 0. The first-order chi connectivity index (χ1) is 9.56. The van der Waals surface area contributed by atoms with E-state index in [2.05, 4.69) is 21.2 Å². The van der Waals surface area contributed by atoms with Gasteiger partial charge in [-0.1, -0.05) is 28.1 Å². The summed E-state index contributed by atoms with van der Waals surface area (Å²) in [6.07, 6.45) is 0. The van der Waals surface area contributed by atoms with Crippen molar-refractivity contribution in [3.8, 4) is 0 Å². The Hall–Kier alpha value is -1.79. The molecule has 0 radical (unpaired) electrons. The lowest BCUT2D eigenvalue weighted by atomic mass is 10.1. The number of hydrogen-bond donors (Lipinski definition) is 1. The lowest BCUT2D eigenvalue weighted by Crippen LogP contribution is -2.13. The molecule has 0 aromatic heterocycles. The highest BCUT2D eigenvalue weighted by Gasteiger charge is 2.13. The number of benzene rings is 2. The van der Waals surface area contributed by atoms with E-state index >= 15 is 0 Å². The molecule has 0 saturated heterocycles. The Labute approximate surface area is 123 Å². The third kappa shape index (κ3) is 3.85. The van der Waals surface area contributed by atoms with Crippen molar-refractivity contribution in [2.24, 2.45) is 0 Å². The highest BCUT2D eigenvalue weighted by molar-refractivity contribution is 9.10. The van der Waals surface area contributed by atoms with Crippen molar-refractivity contribution in [1.29, 1.82) is 0 Å². The molecule has 0 saturated carbocycles. The van der Waals surface area contributed by atoms with Gasteiger partial charge in [0.25, 0.3) is 5.69 Å². The highest BCUT2D eigenvalue weighted by Crippen LogP contribution is 2.23. The summed E-state index contributed by atoms with van der Waals surface area (Å²) in [5.74, 6) is -0.280. The summed E-state index contributed by atoms with van der Waals surface area (Å²) >= 11 is 3.22. The quantitative estimate of drug-likeness (QED) is 0.666. The van der Waals surface area contributed by atoms with Crippen LogP contribution in [0.15, 0.2) is 46.9 Å². The lowest BCUT2D eigenvalue weighted by Gasteiger charge is -2.06. The second-order valence-electron chi connectivity index (χ2n) is 4.26. The van der Waals surface area contributed by atoms with Gasteiger partial charge in [0.05, 0.1) is 4.92 Å². The fourth-order valence-electron chi connectivity index (χ4n) is 1.80. The van der Waals surface area contributed by atoms with Crippen LogP contribution >= 0.6 is 15.9 Å². The minimum atomic E-state index is -0.403. The van der Waals surface area contributed by atoms with Crippen LogP contribution in [0.1, 0.15) is 11.1 Å². The van der Waals surface area contributed by atoms with Crippen LogP contribution in [0.4, 0.5) is 10.1 Å². The predicted octanol–water partition coefficient (Wildman–Crippen LogP) is 3.79. The van der Waals surface area contributed by atoms with Gasteiger partial charge in [0.1, 0.15) is 5.82 Å². The number of hydrogen-bond acceptors (Lipinski definition) is 3. The van der Waals surface area contributed by atoms with Crippen LogP contribution in [0, 0.1) is 15.9 Å². The molecule has 0 amide bonds. The first-order valence-corrected chi connectivity index (χ1v) is 6.73. The summed E-state index contributed by atoms with van der Waals surface area (Å²) < 4.78 is 13.4. The Morgan fingerprint density at radius 3 is 2.50 bits per heavy atom. The zero-order chi connectivity index (χ0) is 14.5. The van der Waals surface area contributed by atoms with Gasteiger partial charge in [0, 0.05) is 29.2 Å². The number of nitrogens with zero attached hydrogens (tertiary/aromatic N) is 1. The topological polar surface area (TPSA) is 55.2 Å². The lowest BCUT2D eigenvalue weighted by molar-refractivity contribution is -0.385. The maximum absolute atomic E-state index is 12.8. The van der Waals surface area contributed by atoms with E-state index in [1.165, 1.54) is 18.2 Å². The SMILES string of the molecule is O=[N+]([O-])c1cc(Br)ccc1CNCc1ccc(F)cc1. The summed E-state index contributed by atoms with van der Waals surface area (Å²) in [4.78, 5) is 10.6. The Kier molecular flexibility index (Phi) is 4.81. The van der Waals surface area contributed by atoms with Crippen molar-refractivity contribution in [2.75, 3.05) is 0 Å². The molecule has 20 heavy (non-hydrogen) atoms. The van der Waals surface area contributed by atoms with Gasteiger partial charge in [0.15, 0.2) is 0 Å². The molecule has 2 rings (SSSR count). The number of nitrogens with one attached hydrogen (secondary N) is 1. The zero-order valence-electron chi connectivity index (χ0n) is 10.5. The first-order valence-electron chi connectivity index (χ1n) is 5.94. The third-order valence-corrected chi connectivity index (χ3v) is 3.30. The minimum Gasteiger partial charge on any atom is -0.308 e. The molecule has 4 nitrogen and oxygen atoms in total. The molecule has 2 aromatic carbocycles. The second kappa shape index (κ2) is 6.58. The summed E-state index contributed by atoms with van der Waals surface area (Å²) in [6.45, 7) is 0.897. The number of nitro benzene ring substituents is 1. The van der Waals surface area contributed by atoms with E-state index in [4.69, 9.17) is 0 Å². The molecular formula is C14H12BrFN2O2. The normalized spacial score (nSPS) is 10.5. The maximum atomic E-state index is 12.8. The smallest absolute Gasteiger partial charge is 0.275 e. The van der Waals surface area contributed by atoms with Crippen LogP contribution in [0.25, 0.3) is 0 Å². The van der Waals surface area contributed by atoms with Gasteiger partial charge >= 0.3 is 0 Å². The molecule has 0 unspecified atom stereocenters. The average Bonchev–Trinajstić information content (AvgIpc) is 2.42. The molecule has 1 N–H and O–H groups in total. The molecule has 6 heteroatoms. The Bertz CT molecular complexity index is 617. The van der Waals surface area contributed by atoms with E-state index in [9.17, 15) is 14.5 Å². The van der Waals surface area contributed by atoms with Gasteiger partial charge in [-0.2, -0.15) is 0 Å². The third-order valence-electron chi connectivity index (χ3n) is 2.80. The Morgan fingerprint density at radius 2 is 1.85 bits per heavy atom. The molecule has 0 aliphatic heterocycles. The molecule has 104 valence electrons. The van der Waals surface area contributed by atoms with Crippen molar-refractivity contribution in [3.63, 3.8) is 0 Å². The molecule has 0 aliphatic rings. The molecular weight excluding hydrogens is 327 g/mol. The Balaban J connectivity index is 2.00. The van der Waals surface area contributed by atoms with Crippen molar-refractivity contribution in [2.45, 2.75) is 13.1 Å². The van der Waals surface area contributed by atoms with Crippen LogP contribution in [-0.2, 0) is 13.1 Å². The molecule has 0 heterocycles. The van der Waals surface area contributed by atoms with E-state index in [0.29, 0.717) is 23.1 Å². The standard InChI is InChI=1S/C14H12BrFN2O2/c15-12-4-3-11(14(7-12)18(19)20)9-17-8-10-1-5-13(16)6-2-10/h1-7,17H,8-9H2. The fourth-order valence-corrected chi connectivity index (χ4v) is 2.15. The van der Waals surface area contributed by atoms with Crippen LogP contribution in [0.5, 0.6) is 0 Å². The van der Waals surface area contributed by atoms with Gasteiger partial charge in [-0.25, -0.2) is 4.39 Å². The molecule has 0 fully saturated rings. The highest BCUT2D eigenvalue weighted by atomic mass is 79.9. The van der Waals surface area contributed by atoms with Crippen molar-refractivity contribution in [3.05, 3.63) is 74.0 Å². The molecule has 0 spiro atoms. The van der Waals surface area contributed by atoms with Crippen molar-refractivity contribution in [1.82, 2.24) is 5.32 Å². The van der Waals surface area contributed by atoms with Gasteiger partial charge in [-0.15, -0.1) is 0 Å². The monoisotopic (exact) mass is 338 g/mol. The van der Waals surface area contributed by atoms with E-state index in [1.807, 2.05) is 0 Å². The number of nitro groups is 1. The van der Waals surface area contributed by atoms with Crippen molar-refractivity contribution < 1.29 is 9.31 Å². The van der Waals surface area contributed by atoms with E-state index in [0.717, 1.165) is 5.56 Å². The van der Waals surface area contributed by atoms with Gasteiger partial charge in [-0.3, -0.25) is 10.1 Å². The fraction of sp³-hybridized carbons (Fsp3) is 0.143. The maximum Gasteiger partial charge on any atom is 0.275 e. The average molecular weight is 339 g/mol. The predicted molar refractivity (Wildman–Crippen MR) is 77.7 cm³/mol. The van der Waals surface area contributed by atoms with E-state index in [1.54, 1.807) is 24.3 Å². The van der Waals surface area contributed by atoms with Gasteiger partial charge < -0.3 is 5.32 Å². The van der Waals surface area contributed by atoms with Crippen molar-refractivity contribution >= 4 is 21.6 Å². The summed E-state index contributed by atoms with van der Waals surface area (Å²) in [5, 5.41) is 14.1. The largest absolute Gasteiger partial charge is 0.308 e. The molecule has 0 atom stereocenters. The van der Waals surface area contributed by atoms with Crippen LogP contribution < -0.4 is 5.32 Å². The van der Waals surface area contributed by atoms with Crippen LogP contribution in [0.3, 0.4) is 0 Å². The van der Waals surface area contributed by atoms with E-state index < -0.39 is 4.92 Å². The van der Waals surface area contributed by atoms with Gasteiger partial charge in [0.2, 0.25) is 0 Å².